The average molecular weight is 284 g/mol. The molecule has 4 unspecified atom stereocenters. The summed E-state index contributed by atoms with van der Waals surface area (Å²) in [6, 6.07) is 3.91. The van der Waals surface area contributed by atoms with Crippen molar-refractivity contribution in [3.05, 3.63) is 28.8 Å². The van der Waals surface area contributed by atoms with Gasteiger partial charge in [-0.05, 0) is 73.0 Å². The van der Waals surface area contributed by atoms with Crippen LogP contribution in [0.5, 0.6) is 5.75 Å². The van der Waals surface area contributed by atoms with Gasteiger partial charge < -0.3 is 5.11 Å². The number of phenols is 1. The van der Waals surface area contributed by atoms with E-state index in [4.69, 9.17) is 0 Å². The molecule has 0 heterocycles. The topological polar surface area (TPSA) is 37.3 Å². The number of hydrogen-bond acceptors (Lipinski definition) is 2. The number of carbonyl (C=O) groups excluding carboxylic acids is 1. The first-order valence-corrected chi connectivity index (χ1v) is 8.32. The van der Waals surface area contributed by atoms with Crippen LogP contribution in [0.1, 0.15) is 61.6 Å². The average Bonchev–Trinajstić information content (AvgIpc) is 2.76. The fraction of sp³-hybridized carbons (Fsp3) is 0.632. The van der Waals surface area contributed by atoms with Crippen molar-refractivity contribution < 1.29 is 9.90 Å². The molecule has 4 rings (SSSR count). The molecule has 2 heteroatoms. The lowest BCUT2D eigenvalue weighted by atomic mass is 9.55. The highest BCUT2D eigenvalue weighted by molar-refractivity contribution is 5.82. The monoisotopic (exact) mass is 284 g/mol. The van der Waals surface area contributed by atoms with E-state index in [0.717, 1.165) is 32.1 Å². The Kier molecular flexibility index (Phi) is 2.76. The van der Waals surface area contributed by atoms with Gasteiger partial charge in [0.25, 0.3) is 0 Å². The molecule has 0 radical (unpaired) electrons. The maximum absolute atomic E-state index is 12.0. The second-order valence-electron chi connectivity index (χ2n) is 7.82. The number of aromatic hydroxyl groups is 1. The van der Waals surface area contributed by atoms with Crippen LogP contribution in [-0.4, -0.2) is 10.9 Å². The number of hydrogen-bond donors (Lipinski definition) is 1. The van der Waals surface area contributed by atoms with Crippen LogP contribution in [0, 0.1) is 24.2 Å². The summed E-state index contributed by atoms with van der Waals surface area (Å²) in [5.74, 6) is 2.55. The summed E-state index contributed by atoms with van der Waals surface area (Å²) < 4.78 is 0. The number of phenolic OH excluding ortho intramolecular Hbond substituents is 1. The third-order valence-corrected chi connectivity index (χ3v) is 6.67. The van der Waals surface area contributed by atoms with Crippen molar-refractivity contribution in [2.24, 2.45) is 17.3 Å². The molecular weight excluding hydrogens is 260 g/mol. The number of rotatable bonds is 0. The van der Waals surface area contributed by atoms with Gasteiger partial charge in [0.15, 0.2) is 0 Å². The number of Topliss-reactive ketones (excluding diaryl/α,β-unsaturated/α-hetero) is 1. The third kappa shape index (κ3) is 1.81. The summed E-state index contributed by atoms with van der Waals surface area (Å²) in [5, 5.41) is 10.4. The summed E-state index contributed by atoms with van der Waals surface area (Å²) in [4.78, 5) is 12.0. The number of fused-ring (bicyclic) bond motifs is 5. The SMILES string of the molecule is Cc1ccc(O)c2c1CCC1C2CCC2(C)CC(=O)CC12. The summed E-state index contributed by atoms with van der Waals surface area (Å²) in [5.41, 5.74) is 4.14. The molecule has 3 aliphatic rings. The van der Waals surface area contributed by atoms with Gasteiger partial charge in [0, 0.05) is 18.4 Å². The van der Waals surface area contributed by atoms with Gasteiger partial charge in [-0.3, -0.25) is 4.79 Å². The van der Waals surface area contributed by atoms with Crippen LogP contribution in [0.2, 0.25) is 0 Å². The Morgan fingerprint density at radius 2 is 2.10 bits per heavy atom. The minimum atomic E-state index is 0.231. The molecule has 1 aromatic rings. The lowest BCUT2D eigenvalue weighted by molar-refractivity contribution is -0.118. The van der Waals surface area contributed by atoms with E-state index in [9.17, 15) is 9.90 Å². The van der Waals surface area contributed by atoms with Gasteiger partial charge in [0.05, 0.1) is 0 Å². The van der Waals surface area contributed by atoms with E-state index in [1.807, 2.05) is 12.1 Å². The predicted molar refractivity (Wildman–Crippen MR) is 82.5 cm³/mol. The molecule has 2 nitrogen and oxygen atoms in total. The summed E-state index contributed by atoms with van der Waals surface area (Å²) in [7, 11) is 0. The molecule has 3 aliphatic carbocycles. The van der Waals surface area contributed by atoms with Crippen LogP contribution in [0.15, 0.2) is 12.1 Å². The van der Waals surface area contributed by atoms with Crippen molar-refractivity contribution in [1.82, 2.24) is 0 Å². The van der Waals surface area contributed by atoms with Crippen LogP contribution >= 0.6 is 0 Å². The van der Waals surface area contributed by atoms with E-state index < -0.39 is 0 Å². The van der Waals surface area contributed by atoms with Crippen molar-refractivity contribution in [3.63, 3.8) is 0 Å². The van der Waals surface area contributed by atoms with Gasteiger partial charge in [-0.1, -0.05) is 13.0 Å². The highest BCUT2D eigenvalue weighted by Gasteiger charge is 2.53. The minimum Gasteiger partial charge on any atom is -0.508 e. The third-order valence-electron chi connectivity index (χ3n) is 6.67. The van der Waals surface area contributed by atoms with Crippen molar-refractivity contribution in [2.75, 3.05) is 0 Å². The van der Waals surface area contributed by atoms with Gasteiger partial charge in [0.2, 0.25) is 0 Å². The quantitative estimate of drug-likeness (QED) is 0.778. The van der Waals surface area contributed by atoms with Gasteiger partial charge >= 0.3 is 0 Å². The van der Waals surface area contributed by atoms with Crippen LogP contribution in [0.25, 0.3) is 0 Å². The Morgan fingerprint density at radius 3 is 2.90 bits per heavy atom. The second-order valence-corrected chi connectivity index (χ2v) is 7.82. The Labute approximate surface area is 126 Å². The molecule has 2 saturated carbocycles. The van der Waals surface area contributed by atoms with E-state index in [0.29, 0.717) is 29.3 Å². The zero-order chi connectivity index (χ0) is 14.8. The number of carbonyl (C=O) groups is 1. The van der Waals surface area contributed by atoms with Crippen molar-refractivity contribution in [2.45, 2.75) is 58.3 Å². The first-order chi connectivity index (χ1) is 9.99. The van der Waals surface area contributed by atoms with Crippen molar-refractivity contribution in [3.8, 4) is 5.75 Å². The molecular formula is C19H24O2. The minimum absolute atomic E-state index is 0.231. The van der Waals surface area contributed by atoms with E-state index in [1.54, 1.807) is 0 Å². The van der Waals surface area contributed by atoms with Gasteiger partial charge in [0.1, 0.15) is 11.5 Å². The molecule has 4 atom stereocenters. The van der Waals surface area contributed by atoms with Crippen LogP contribution in [-0.2, 0) is 11.2 Å². The van der Waals surface area contributed by atoms with Crippen LogP contribution in [0.4, 0.5) is 0 Å². The molecule has 1 aromatic carbocycles. The molecule has 0 aromatic heterocycles. The smallest absolute Gasteiger partial charge is 0.133 e. The molecule has 0 bridgehead atoms. The van der Waals surface area contributed by atoms with Crippen molar-refractivity contribution >= 4 is 5.78 Å². The number of benzene rings is 1. The Morgan fingerprint density at radius 1 is 1.29 bits per heavy atom. The Bertz CT molecular complexity index is 618. The maximum Gasteiger partial charge on any atom is 0.133 e. The first kappa shape index (κ1) is 13.4. The number of aryl methyl sites for hydroxylation is 1. The molecule has 0 amide bonds. The summed E-state index contributed by atoms with van der Waals surface area (Å²) >= 11 is 0. The van der Waals surface area contributed by atoms with Crippen molar-refractivity contribution in [1.29, 1.82) is 0 Å². The molecule has 0 saturated heterocycles. The second kappa shape index (κ2) is 4.34. The predicted octanol–water partition coefficient (Wildman–Crippen LogP) is 4.13. The largest absolute Gasteiger partial charge is 0.508 e. The Hall–Kier alpha value is -1.31. The normalized spacial score (nSPS) is 37.8. The molecule has 0 aliphatic heterocycles. The highest BCUT2D eigenvalue weighted by atomic mass is 16.3. The van der Waals surface area contributed by atoms with Gasteiger partial charge in [-0.15, -0.1) is 0 Å². The highest BCUT2D eigenvalue weighted by Crippen LogP contribution is 2.61. The molecule has 0 spiro atoms. The lowest BCUT2D eigenvalue weighted by Crippen LogP contribution is -2.39. The van der Waals surface area contributed by atoms with E-state index in [-0.39, 0.29) is 5.41 Å². The molecule has 112 valence electrons. The van der Waals surface area contributed by atoms with E-state index in [2.05, 4.69) is 13.8 Å². The zero-order valence-electron chi connectivity index (χ0n) is 13.0. The summed E-state index contributed by atoms with van der Waals surface area (Å²) in [6.07, 6.45) is 6.09. The maximum atomic E-state index is 12.0. The fourth-order valence-electron chi connectivity index (χ4n) is 5.65. The zero-order valence-corrected chi connectivity index (χ0v) is 13.0. The van der Waals surface area contributed by atoms with E-state index >= 15 is 0 Å². The Balaban J connectivity index is 1.78. The van der Waals surface area contributed by atoms with Crippen LogP contribution < -0.4 is 0 Å². The first-order valence-electron chi connectivity index (χ1n) is 8.32. The molecule has 21 heavy (non-hydrogen) atoms. The molecule has 2 fully saturated rings. The molecule has 1 N–H and O–H groups in total. The van der Waals surface area contributed by atoms with Gasteiger partial charge in [-0.25, -0.2) is 0 Å². The summed E-state index contributed by atoms with van der Waals surface area (Å²) in [6.45, 7) is 4.48. The standard InChI is InChI=1S/C19H24O2/c1-11-3-6-17(21)18-13(11)4-5-14-15(18)7-8-19(2)10-12(20)9-16(14)19/h3,6,14-16,21H,4-5,7-10H2,1-2H3. The van der Waals surface area contributed by atoms with Gasteiger partial charge in [-0.2, -0.15) is 0 Å². The fourth-order valence-corrected chi connectivity index (χ4v) is 5.65. The van der Waals surface area contributed by atoms with Crippen LogP contribution in [0.3, 0.4) is 0 Å². The van der Waals surface area contributed by atoms with E-state index in [1.165, 1.54) is 23.1 Å². The lowest BCUT2D eigenvalue weighted by Gasteiger charge is -2.49. The number of ketones is 1.